The number of aliphatic carboxylic acids is 2. The number of hydrogen-bond acceptors (Lipinski definition) is 3. The zero-order valence-corrected chi connectivity index (χ0v) is 8.92. The van der Waals surface area contributed by atoms with Crippen LogP contribution in [0.4, 0.5) is 0 Å². The molecule has 11 heteroatoms. The molecular formula is C2H5Mn2O8P. The molecule has 0 saturated carbocycles. The van der Waals surface area contributed by atoms with Crippen molar-refractivity contribution >= 4 is 19.8 Å². The van der Waals surface area contributed by atoms with Crippen molar-refractivity contribution in [2.45, 2.75) is 0 Å². The van der Waals surface area contributed by atoms with Crippen molar-refractivity contribution in [1.82, 2.24) is 0 Å². The molecule has 2 radical (unpaired) electrons. The summed E-state index contributed by atoms with van der Waals surface area (Å²) in [6, 6.07) is 0. The molecule has 0 atom stereocenters. The van der Waals surface area contributed by atoms with Crippen LogP contribution in [0.25, 0.3) is 0 Å². The molecule has 0 rings (SSSR count). The molecule has 0 amide bonds. The minimum absolute atomic E-state index is 0. The largest absolute Gasteiger partial charge is 0.473 e. The molecule has 80 valence electrons. The van der Waals surface area contributed by atoms with Gasteiger partial charge in [-0.05, 0) is 0 Å². The molecule has 0 aliphatic rings. The maximum Gasteiger partial charge on any atom is 0.466 e. The molecule has 0 aliphatic heterocycles. The topological polar surface area (TPSA) is 152 Å². The fourth-order valence-electron chi connectivity index (χ4n) is 0. The zero-order valence-electron chi connectivity index (χ0n) is 5.66. The average molecular weight is 298 g/mol. The SMILES string of the molecule is O=C(O)C(=O)O.O=P(O)(O)O.[Mn].[Mn]. The Labute approximate surface area is 93.1 Å². The van der Waals surface area contributed by atoms with E-state index in [0.717, 1.165) is 0 Å². The Kier molecular flexibility index (Phi) is 18.1. The van der Waals surface area contributed by atoms with E-state index in [1.807, 2.05) is 0 Å². The smallest absolute Gasteiger partial charge is 0.466 e. The van der Waals surface area contributed by atoms with Crippen LogP contribution in [0.15, 0.2) is 0 Å². The van der Waals surface area contributed by atoms with E-state index in [1.165, 1.54) is 0 Å². The van der Waals surface area contributed by atoms with Crippen LogP contribution in [-0.4, -0.2) is 36.8 Å². The van der Waals surface area contributed by atoms with Gasteiger partial charge in [0.25, 0.3) is 0 Å². The van der Waals surface area contributed by atoms with Crippen LogP contribution in [-0.2, 0) is 48.3 Å². The first kappa shape index (κ1) is 23.2. The maximum atomic E-state index is 9.10. The predicted molar refractivity (Wildman–Crippen MR) is 29.5 cm³/mol. The normalized spacial score (nSPS) is 7.92. The van der Waals surface area contributed by atoms with Crippen molar-refractivity contribution in [3.8, 4) is 0 Å². The summed E-state index contributed by atoms with van der Waals surface area (Å²) in [6.07, 6.45) is 0. The second-order valence-electron chi connectivity index (χ2n) is 1.12. The van der Waals surface area contributed by atoms with Crippen LogP contribution >= 0.6 is 7.82 Å². The van der Waals surface area contributed by atoms with Gasteiger partial charge in [0.05, 0.1) is 0 Å². The van der Waals surface area contributed by atoms with Crippen molar-refractivity contribution in [1.29, 1.82) is 0 Å². The molecule has 0 unspecified atom stereocenters. The van der Waals surface area contributed by atoms with Gasteiger partial charge in [0.2, 0.25) is 0 Å². The monoisotopic (exact) mass is 298 g/mol. The Morgan fingerprint density at radius 3 is 0.923 bits per heavy atom. The van der Waals surface area contributed by atoms with Crippen LogP contribution in [0.2, 0.25) is 0 Å². The van der Waals surface area contributed by atoms with E-state index in [0.29, 0.717) is 0 Å². The molecule has 0 aromatic rings. The number of rotatable bonds is 0. The number of hydrogen-bond donors (Lipinski definition) is 5. The molecule has 0 aromatic carbocycles. The second-order valence-corrected chi connectivity index (χ2v) is 2.15. The first-order valence-electron chi connectivity index (χ1n) is 1.89. The molecule has 13 heavy (non-hydrogen) atoms. The molecule has 5 N–H and O–H groups in total. The second kappa shape index (κ2) is 10.2. The summed E-state index contributed by atoms with van der Waals surface area (Å²) in [7, 11) is -4.64. The van der Waals surface area contributed by atoms with Gasteiger partial charge in [0, 0.05) is 34.1 Å². The van der Waals surface area contributed by atoms with Gasteiger partial charge in [0.15, 0.2) is 0 Å². The van der Waals surface area contributed by atoms with Crippen LogP contribution in [0, 0.1) is 0 Å². The van der Waals surface area contributed by atoms with E-state index in [-0.39, 0.29) is 34.1 Å². The zero-order chi connectivity index (χ0) is 9.65. The van der Waals surface area contributed by atoms with E-state index in [1.54, 1.807) is 0 Å². The van der Waals surface area contributed by atoms with Gasteiger partial charge in [-0.1, -0.05) is 0 Å². The van der Waals surface area contributed by atoms with Crippen LogP contribution in [0.1, 0.15) is 0 Å². The van der Waals surface area contributed by atoms with Gasteiger partial charge in [-0.2, -0.15) is 0 Å². The first-order chi connectivity index (χ1) is 4.64. The number of phosphoric acid groups is 1. The van der Waals surface area contributed by atoms with Crippen molar-refractivity contribution < 1.29 is 73.2 Å². The number of carbonyl (C=O) groups is 2. The van der Waals surface area contributed by atoms with Crippen LogP contribution < -0.4 is 0 Å². The van der Waals surface area contributed by atoms with E-state index in [9.17, 15) is 0 Å². The van der Waals surface area contributed by atoms with Crippen LogP contribution in [0.3, 0.4) is 0 Å². The molecule has 0 bridgehead atoms. The van der Waals surface area contributed by atoms with Crippen molar-refractivity contribution in [2.24, 2.45) is 0 Å². The Morgan fingerprint density at radius 2 is 0.923 bits per heavy atom. The molecule has 0 saturated heterocycles. The van der Waals surface area contributed by atoms with Gasteiger partial charge in [0.1, 0.15) is 0 Å². The van der Waals surface area contributed by atoms with E-state index >= 15 is 0 Å². The van der Waals surface area contributed by atoms with E-state index < -0.39 is 19.8 Å². The minimum Gasteiger partial charge on any atom is -0.473 e. The summed E-state index contributed by atoms with van der Waals surface area (Å²) in [6.45, 7) is 0. The minimum atomic E-state index is -4.64. The Balaban J connectivity index is -0.0000000546. The van der Waals surface area contributed by atoms with Gasteiger partial charge < -0.3 is 24.9 Å². The fraction of sp³-hybridized carbons (Fsp3) is 0. The summed E-state index contributed by atoms with van der Waals surface area (Å²) in [4.78, 5) is 39.8. The Morgan fingerprint density at radius 1 is 0.846 bits per heavy atom. The fourth-order valence-corrected chi connectivity index (χ4v) is 0. The van der Waals surface area contributed by atoms with Gasteiger partial charge in [-0.25, -0.2) is 14.2 Å². The molecule has 0 heterocycles. The molecule has 8 nitrogen and oxygen atoms in total. The standard InChI is InChI=1S/C2H2O4.2Mn.H3O4P/c3-1(4)2(5)6;;;1-5(2,3)4/h(H,3,4)(H,5,6);;;(H3,1,2,3,4). The first-order valence-corrected chi connectivity index (χ1v) is 3.45. The van der Waals surface area contributed by atoms with Crippen molar-refractivity contribution in [3.05, 3.63) is 0 Å². The van der Waals surface area contributed by atoms with Crippen molar-refractivity contribution in [2.75, 3.05) is 0 Å². The summed E-state index contributed by atoms with van der Waals surface area (Å²) in [5.41, 5.74) is 0. The quantitative estimate of drug-likeness (QED) is 0.200. The number of carboxylic acid groups (broad SMARTS) is 2. The Bertz CT molecular complexity index is 176. The summed E-state index contributed by atoms with van der Waals surface area (Å²) in [5.74, 6) is -3.65. The van der Waals surface area contributed by atoms with Gasteiger partial charge in [-0.3, -0.25) is 0 Å². The molecule has 0 aliphatic carbocycles. The molecule has 0 spiro atoms. The summed E-state index contributed by atoms with van der Waals surface area (Å²) < 4.78 is 8.88. The number of carboxylic acids is 2. The predicted octanol–water partition coefficient (Wildman–Crippen LogP) is -1.78. The third-order valence-corrected chi connectivity index (χ3v) is 0.183. The van der Waals surface area contributed by atoms with Crippen LogP contribution in [0.5, 0.6) is 0 Å². The van der Waals surface area contributed by atoms with Gasteiger partial charge >= 0.3 is 19.8 Å². The molecule has 0 aromatic heterocycles. The maximum absolute atomic E-state index is 9.10. The van der Waals surface area contributed by atoms with E-state index in [2.05, 4.69) is 0 Å². The molecule has 0 fully saturated rings. The summed E-state index contributed by atoms with van der Waals surface area (Å²) in [5, 5.41) is 14.8. The third-order valence-electron chi connectivity index (χ3n) is 0.183. The Hall–Kier alpha value is 0.0890. The average Bonchev–Trinajstić information content (AvgIpc) is 1.59. The van der Waals surface area contributed by atoms with E-state index in [4.69, 9.17) is 39.0 Å². The van der Waals surface area contributed by atoms with Gasteiger partial charge in [-0.15, -0.1) is 0 Å². The summed E-state index contributed by atoms with van der Waals surface area (Å²) >= 11 is 0. The third kappa shape index (κ3) is 73.6. The molecular weight excluding hydrogens is 293 g/mol. The van der Waals surface area contributed by atoms with Crippen molar-refractivity contribution in [3.63, 3.8) is 0 Å².